The van der Waals surface area contributed by atoms with Crippen molar-refractivity contribution in [1.29, 1.82) is 5.26 Å². The van der Waals surface area contributed by atoms with Crippen molar-refractivity contribution >= 4 is 16.6 Å². The summed E-state index contributed by atoms with van der Waals surface area (Å²) in [5.41, 5.74) is 4.61. The highest BCUT2D eigenvalue weighted by atomic mass is 16.5. The lowest BCUT2D eigenvalue weighted by molar-refractivity contribution is -0.0949. The van der Waals surface area contributed by atoms with E-state index in [4.69, 9.17) is 19.7 Å². The Labute approximate surface area is 195 Å². The molecular formula is C27H30N4O2. The normalized spacial score (nSPS) is 20.7. The predicted molar refractivity (Wildman–Crippen MR) is 131 cm³/mol. The number of benzene rings is 2. The van der Waals surface area contributed by atoms with E-state index in [-0.39, 0.29) is 5.60 Å². The van der Waals surface area contributed by atoms with E-state index in [9.17, 15) is 0 Å². The van der Waals surface area contributed by atoms with Gasteiger partial charge in [0.1, 0.15) is 0 Å². The molecule has 6 heteroatoms. The van der Waals surface area contributed by atoms with E-state index in [0.717, 1.165) is 72.7 Å². The molecule has 170 valence electrons. The van der Waals surface area contributed by atoms with Gasteiger partial charge in [-0.3, -0.25) is 9.88 Å². The van der Waals surface area contributed by atoms with Gasteiger partial charge in [0.05, 0.1) is 48.4 Å². The fourth-order valence-electron chi connectivity index (χ4n) is 5.21. The number of hydrogen-bond donors (Lipinski definition) is 0. The fraction of sp³-hybridized carbons (Fsp3) is 0.407. The van der Waals surface area contributed by atoms with Crippen molar-refractivity contribution in [3.05, 3.63) is 54.2 Å². The van der Waals surface area contributed by atoms with Crippen molar-refractivity contribution in [1.82, 2.24) is 9.88 Å². The molecule has 0 N–H and O–H groups in total. The van der Waals surface area contributed by atoms with Gasteiger partial charge in [-0.05, 0) is 44.0 Å². The zero-order valence-corrected chi connectivity index (χ0v) is 19.5. The second-order valence-electron chi connectivity index (χ2n) is 9.53. The van der Waals surface area contributed by atoms with Gasteiger partial charge >= 0.3 is 0 Å². The van der Waals surface area contributed by atoms with Crippen LogP contribution in [0.25, 0.3) is 22.0 Å². The number of nitriles is 1. The van der Waals surface area contributed by atoms with Crippen molar-refractivity contribution in [3.8, 4) is 22.9 Å². The van der Waals surface area contributed by atoms with Crippen LogP contribution in [0.3, 0.4) is 0 Å². The third kappa shape index (κ3) is 4.15. The highest BCUT2D eigenvalue weighted by Crippen LogP contribution is 2.40. The lowest BCUT2D eigenvalue weighted by Gasteiger charge is -2.41. The van der Waals surface area contributed by atoms with Gasteiger partial charge in [0.2, 0.25) is 0 Å². The molecule has 5 rings (SSSR count). The molecule has 0 aliphatic carbocycles. The zero-order chi connectivity index (χ0) is 23.0. The molecule has 6 nitrogen and oxygen atoms in total. The van der Waals surface area contributed by atoms with E-state index in [1.807, 2.05) is 36.5 Å². The molecule has 0 spiro atoms. The maximum absolute atomic E-state index is 9.11. The average molecular weight is 443 g/mol. The number of rotatable bonds is 4. The average Bonchev–Trinajstić information content (AvgIpc) is 3.32. The maximum atomic E-state index is 9.11. The lowest BCUT2D eigenvalue weighted by atomic mass is 10.0. The number of nitrogens with zero attached hydrogens (tertiary/aromatic N) is 4. The summed E-state index contributed by atoms with van der Waals surface area (Å²) in [4.78, 5) is 9.88. The topological polar surface area (TPSA) is 61.6 Å². The summed E-state index contributed by atoms with van der Waals surface area (Å²) in [6, 6.07) is 16.5. The molecule has 3 aromatic rings. The number of ether oxygens (including phenoxy) is 2. The molecule has 2 aliphatic rings. The van der Waals surface area contributed by atoms with E-state index in [0.29, 0.717) is 11.6 Å². The third-order valence-electron chi connectivity index (χ3n) is 6.83. The molecule has 0 bridgehead atoms. The minimum absolute atomic E-state index is 0.0876. The monoisotopic (exact) mass is 442 g/mol. The SMILES string of the molecule is COc1c(N2CCC(N3CCOC(C)(C)C3)C2)cnc2c(-c3ccc(C#N)cc3)cccc12. The number of anilines is 1. The molecule has 0 saturated carbocycles. The minimum atomic E-state index is -0.0876. The van der Waals surface area contributed by atoms with E-state index in [2.05, 4.69) is 41.8 Å². The highest BCUT2D eigenvalue weighted by molar-refractivity contribution is 5.99. The van der Waals surface area contributed by atoms with Gasteiger partial charge in [0, 0.05) is 43.2 Å². The van der Waals surface area contributed by atoms with E-state index in [1.54, 1.807) is 7.11 Å². The van der Waals surface area contributed by atoms with Crippen LogP contribution in [-0.4, -0.2) is 61.4 Å². The van der Waals surface area contributed by atoms with Crippen LogP contribution >= 0.6 is 0 Å². The lowest BCUT2D eigenvalue weighted by Crippen LogP contribution is -2.52. The summed E-state index contributed by atoms with van der Waals surface area (Å²) in [7, 11) is 1.74. The maximum Gasteiger partial charge on any atom is 0.153 e. The number of pyridine rings is 1. The summed E-state index contributed by atoms with van der Waals surface area (Å²) in [6.07, 6.45) is 3.09. The van der Waals surface area contributed by atoms with Gasteiger partial charge < -0.3 is 14.4 Å². The van der Waals surface area contributed by atoms with Crippen molar-refractivity contribution in [2.75, 3.05) is 44.8 Å². The first-order valence-electron chi connectivity index (χ1n) is 11.6. The number of aromatic nitrogens is 1. The molecule has 2 fully saturated rings. The Hall–Kier alpha value is -3.14. The Morgan fingerprint density at radius 3 is 2.70 bits per heavy atom. The van der Waals surface area contributed by atoms with E-state index < -0.39 is 0 Å². The fourth-order valence-corrected chi connectivity index (χ4v) is 5.21. The van der Waals surface area contributed by atoms with Crippen LogP contribution in [0.15, 0.2) is 48.7 Å². The standard InChI is InChI=1S/C27H30N4O2/c1-27(2)18-31(13-14-33-27)21-11-12-30(17-21)24-16-29-25-22(5-4-6-23(25)26(24)32-3)20-9-7-19(15-28)8-10-20/h4-10,16,21H,11-14,17-18H2,1-3H3. The van der Waals surface area contributed by atoms with Crippen molar-refractivity contribution in [2.45, 2.75) is 31.9 Å². The van der Waals surface area contributed by atoms with Gasteiger partial charge in [0.15, 0.2) is 5.75 Å². The summed E-state index contributed by atoms with van der Waals surface area (Å²) in [6.45, 7) is 9.05. The Kier molecular flexibility index (Phi) is 5.69. The second kappa shape index (κ2) is 8.66. The van der Waals surface area contributed by atoms with Crippen LogP contribution in [0.2, 0.25) is 0 Å². The molecule has 1 atom stereocenters. The second-order valence-corrected chi connectivity index (χ2v) is 9.53. The van der Waals surface area contributed by atoms with Crippen LogP contribution in [-0.2, 0) is 4.74 Å². The Balaban J connectivity index is 1.46. The molecule has 2 aliphatic heterocycles. The predicted octanol–water partition coefficient (Wildman–Crippen LogP) is 4.47. The van der Waals surface area contributed by atoms with Crippen molar-refractivity contribution in [2.24, 2.45) is 0 Å². The molecule has 1 aromatic heterocycles. The third-order valence-corrected chi connectivity index (χ3v) is 6.83. The Morgan fingerprint density at radius 2 is 1.97 bits per heavy atom. The van der Waals surface area contributed by atoms with Crippen LogP contribution in [0.5, 0.6) is 5.75 Å². The Morgan fingerprint density at radius 1 is 1.15 bits per heavy atom. The number of fused-ring (bicyclic) bond motifs is 1. The molecular weight excluding hydrogens is 412 g/mol. The molecule has 2 aromatic carbocycles. The highest BCUT2D eigenvalue weighted by Gasteiger charge is 2.35. The smallest absolute Gasteiger partial charge is 0.153 e. The zero-order valence-electron chi connectivity index (χ0n) is 19.5. The minimum Gasteiger partial charge on any atom is -0.494 e. The van der Waals surface area contributed by atoms with Crippen LogP contribution in [0.4, 0.5) is 5.69 Å². The number of morpholine rings is 1. The molecule has 2 saturated heterocycles. The quantitative estimate of drug-likeness (QED) is 0.594. The van der Waals surface area contributed by atoms with Crippen molar-refractivity contribution < 1.29 is 9.47 Å². The summed E-state index contributed by atoms with van der Waals surface area (Å²) >= 11 is 0. The van der Waals surface area contributed by atoms with Gasteiger partial charge in [-0.1, -0.05) is 24.3 Å². The Bertz CT molecular complexity index is 1200. The number of para-hydroxylation sites is 1. The molecule has 0 radical (unpaired) electrons. The number of hydrogen-bond acceptors (Lipinski definition) is 6. The van der Waals surface area contributed by atoms with Crippen molar-refractivity contribution in [3.63, 3.8) is 0 Å². The van der Waals surface area contributed by atoms with Gasteiger partial charge in [0.25, 0.3) is 0 Å². The largest absolute Gasteiger partial charge is 0.494 e. The molecule has 3 heterocycles. The summed E-state index contributed by atoms with van der Waals surface area (Å²) < 4.78 is 11.9. The van der Waals surface area contributed by atoms with E-state index >= 15 is 0 Å². The van der Waals surface area contributed by atoms with Crippen LogP contribution in [0, 0.1) is 11.3 Å². The summed E-state index contributed by atoms with van der Waals surface area (Å²) in [5.74, 6) is 0.874. The first kappa shape index (κ1) is 21.7. The molecule has 0 amide bonds. The number of methoxy groups -OCH3 is 1. The van der Waals surface area contributed by atoms with Crippen LogP contribution < -0.4 is 9.64 Å². The molecule has 1 unspecified atom stereocenters. The molecule has 33 heavy (non-hydrogen) atoms. The first-order valence-corrected chi connectivity index (χ1v) is 11.6. The van der Waals surface area contributed by atoms with Gasteiger partial charge in [-0.2, -0.15) is 5.26 Å². The van der Waals surface area contributed by atoms with Gasteiger partial charge in [-0.25, -0.2) is 0 Å². The van der Waals surface area contributed by atoms with E-state index in [1.165, 1.54) is 0 Å². The van der Waals surface area contributed by atoms with Gasteiger partial charge in [-0.15, -0.1) is 0 Å². The summed E-state index contributed by atoms with van der Waals surface area (Å²) in [5, 5.41) is 10.1. The first-order chi connectivity index (χ1) is 16.0. The van der Waals surface area contributed by atoms with Crippen LogP contribution in [0.1, 0.15) is 25.8 Å².